The van der Waals surface area contributed by atoms with Gasteiger partial charge in [-0.1, -0.05) is 18.2 Å². The van der Waals surface area contributed by atoms with Crippen molar-refractivity contribution in [3.63, 3.8) is 0 Å². The summed E-state index contributed by atoms with van der Waals surface area (Å²) >= 11 is 11.8. The lowest BCUT2D eigenvalue weighted by Gasteiger charge is -2.36. The third kappa shape index (κ3) is 3.10. The number of rotatable bonds is 6. The Morgan fingerprint density at radius 1 is 1.00 bits per heavy atom. The third-order valence-electron chi connectivity index (χ3n) is 2.93. The lowest BCUT2D eigenvalue weighted by atomic mass is 10.2. The minimum Gasteiger partial charge on any atom is -0.289 e. The molecular weight excluding hydrogens is 229 g/mol. The second-order valence-electron chi connectivity index (χ2n) is 3.62. The van der Waals surface area contributed by atoms with Crippen LogP contribution >= 0.6 is 23.2 Å². The number of para-hydroxylation sites is 1. The maximum atomic E-state index is 5.89. The van der Waals surface area contributed by atoms with Gasteiger partial charge >= 0.3 is 0 Å². The van der Waals surface area contributed by atoms with E-state index in [1.165, 1.54) is 5.69 Å². The fourth-order valence-corrected chi connectivity index (χ4v) is 2.58. The average molecular weight is 247 g/mol. The molecule has 0 radical (unpaired) electrons. The molecule has 0 atom stereocenters. The highest BCUT2D eigenvalue weighted by molar-refractivity contribution is 6.18. The van der Waals surface area contributed by atoms with E-state index in [-0.39, 0.29) is 0 Å². The summed E-state index contributed by atoms with van der Waals surface area (Å²) in [7, 11) is 0. The fourth-order valence-electron chi connectivity index (χ4n) is 1.94. The maximum Gasteiger partial charge on any atom is 0.132 e. The van der Waals surface area contributed by atoms with E-state index in [0.717, 1.165) is 24.1 Å². The first-order chi connectivity index (χ1) is 7.29. The van der Waals surface area contributed by atoms with Crippen molar-refractivity contribution in [2.24, 2.45) is 0 Å². The Labute approximate surface area is 102 Å². The largest absolute Gasteiger partial charge is 0.289 e. The normalized spacial score (nSPS) is 11.7. The highest BCUT2D eigenvalue weighted by atomic mass is 35.5. The van der Waals surface area contributed by atoms with Crippen LogP contribution in [0.1, 0.15) is 6.92 Å². The van der Waals surface area contributed by atoms with Crippen LogP contribution in [-0.4, -0.2) is 31.4 Å². The van der Waals surface area contributed by atoms with Crippen molar-refractivity contribution in [1.29, 1.82) is 0 Å². The van der Waals surface area contributed by atoms with Gasteiger partial charge in [0.1, 0.15) is 5.69 Å². The second kappa shape index (κ2) is 6.37. The van der Waals surface area contributed by atoms with Crippen molar-refractivity contribution in [3.05, 3.63) is 30.3 Å². The van der Waals surface area contributed by atoms with Crippen LogP contribution in [0.2, 0.25) is 0 Å². The number of hydrogen-bond donors (Lipinski definition) is 0. The molecule has 15 heavy (non-hydrogen) atoms. The van der Waals surface area contributed by atoms with Crippen LogP contribution in [0.15, 0.2) is 30.3 Å². The van der Waals surface area contributed by atoms with Crippen molar-refractivity contribution >= 4 is 28.9 Å². The van der Waals surface area contributed by atoms with E-state index in [9.17, 15) is 0 Å². The monoisotopic (exact) mass is 246 g/mol. The van der Waals surface area contributed by atoms with Crippen LogP contribution in [0.5, 0.6) is 0 Å². The molecule has 0 saturated heterocycles. The Hall–Kier alpha value is -0.240. The lowest BCUT2D eigenvalue weighted by Crippen LogP contribution is -2.51. The molecule has 0 unspecified atom stereocenters. The molecule has 1 aromatic carbocycles. The predicted octanol–water partition coefficient (Wildman–Crippen LogP) is 3.49. The van der Waals surface area contributed by atoms with Gasteiger partial charge in [0.15, 0.2) is 0 Å². The Morgan fingerprint density at radius 3 is 1.93 bits per heavy atom. The van der Waals surface area contributed by atoms with Crippen LogP contribution in [-0.2, 0) is 0 Å². The molecule has 0 aliphatic heterocycles. The van der Waals surface area contributed by atoms with E-state index < -0.39 is 0 Å². The number of nitrogens with zero attached hydrogens (tertiary/aromatic N) is 1. The van der Waals surface area contributed by atoms with Crippen molar-refractivity contribution in [3.8, 4) is 0 Å². The van der Waals surface area contributed by atoms with Gasteiger partial charge in [0.05, 0.1) is 31.4 Å². The zero-order chi connectivity index (χ0) is 11.1. The summed E-state index contributed by atoms with van der Waals surface area (Å²) < 4.78 is 0.883. The Kier molecular flexibility index (Phi) is 5.44. The highest BCUT2D eigenvalue weighted by Gasteiger charge is 2.26. The average Bonchev–Trinajstić information content (AvgIpc) is 2.30. The van der Waals surface area contributed by atoms with E-state index >= 15 is 0 Å². The van der Waals surface area contributed by atoms with Gasteiger partial charge in [0.2, 0.25) is 0 Å². The maximum absolute atomic E-state index is 5.89. The highest BCUT2D eigenvalue weighted by Crippen LogP contribution is 2.22. The molecule has 0 aromatic heterocycles. The molecule has 0 spiro atoms. The van der Waals surface area contributed by atoms with Crippen LogP contribution in [0.3, 0.4) is 0 Å². The molecule has 3 heteroatoms. The van der Waals surface area contributed by atoms with Gasteiger partial charge < -0.3 is 0 Å². The van der Waals surface area contributed by atoms with Crippen LogP contribution in [0.4, 0.5) is 5.69 Å². The molecule has 1 aromatic rings. The number of alkyl halides is 2. The molecule has 0 saturated carbocycles. The predicted molar refractivity (Wildman–Crippen MR) is 70.0 cm³/mol. The molecule has 0 bridgehead atoms. The molecule has 0 amide bonds. The van der Waals surface area contributed by atoms with Crippen molar-refractivity contribution < 1.29 is 0 Å². The number of hydrogen-bond acceptors (Lipinski definition) is 0. The van der Waals surface area contributed by atoms with Gasteiger partial charge in [-0.15, -0.1) is 23.2 Å². The van der Waals surface area contributed by atoms with Crippen LogP contribution in [0.25, 0.3) is 0 Å². The van der Waals surface area contributed by atoms with E-state index in [1.54, 1.807) is 0 Å². The zero-order valence-electron chi connectivity index (χ0n) is 9.13. The van der Waals surface area contributed by atoms with E-state index in [1.807, 2.05) is 6.07 Å². The first-order valence-electron chi connectivity index (χ1n) is 5.32. The minimum absolute atomic E-state index is 0.666. The van der Waals surface area contributed by atoms with Gasteiger partial charge in [-0.3, -0.25) is 4.48 Å². The fraction of sp³-hybridized carbons (Fsp3) is 0.500. The van der Waals surface area contributed by atoms with E-state index in [0.29, 0.717) is 11.8 Å². The van der Waals surface area contributed by atoms with Gasteiger partial charge in [-0.05, 0) is 19.1 Å². The van der Waals surface area contributed by atoms with Crippen molar-refractivity contribution in [2.45, 2.75) is 6.92 Å². The topological polar surface area (TPSA) is 0 Å². The summed E-state index contributed by atoms with van der Waals surface area (Å²) in [5.41, 5.74) is 1.31. The van der Waals surface area contributed by atoms with Crippen LogP contribution < -0.4 is 4.48 Å². The summed E-state index contributed by atoms with van der Waals surface area (Å²) in [6, 6.07) is 10.5. The van der Waals surface area contributed by atoms with Crippen molar-refractivity contribution in [2.75, 3.05) is 31.4 Å². The molecule has 0 aliphatic carbocycles. The molecule has 1 nitrogen and oxygen atoms in total. The van der Waals surface area contributed by atoms with Gasteiger partial charge in [-0.25, -0.2) is 0 Å². The molecule has 0 aliphatic rings. The first kappa shape index (κ1) is 12.8. The number of benzene rings is 1. The molecule has 0 N–H and O–H groups in total. The molecular formula is C12H18Cl2N+. The quantitative estimate of drug-likeness (QED) is 0.533. The van der Waals surface area contributed by atoms with Gasteiger partial charge in [-0.2, -0.15) is 0 Å². The van der Waals surface area contributed by atoms with Gasteiger partial charge in [0, 0.05) is 0 Å². The molecule has 84 valence electrons. The molecule has 0 heterocycles. The molecule has 0 fully saturated rings. The summed E-state index contributed by atoms with van der Waals surface area (Å²) in [6.07, 6.45) is 0. The van der Waals surface area contributed by atoms with Crippen molar-refractivity contribution in [1.82, 2.24) is 4.48 Å². The summed E-state index contributed by atoms with van der Waals surface area (Å²) in [5.74, 6) is 1.33. The Balaban J connectivity index is 2.97. The standard InChI is InChI=1S/C12H18Cl2N/c1-2-15(10-8-13,11-9-14)12-6-4-3-5-7-12/h3-7H,2,8-11H2,1H3/q+1. The first-order valence-corrected chi connectivity index (χ1v) is 6.39. The van der Waals surface area contributed by atoms with Crippen LogP contribution in [0, 0.1) is 0 Å². The summed E-state index contributed by atoms with van der Waals surface area (Å²) in [4.78, 5) is 0. The SMILES string of the molecule is CC[N+](CCCl)(CCCl)c1ccccc1. The van der Waals surface area contributed by atoms with E-state index in [2.05, 4.69) is 31.2 Å². The zero-order valence-corrected chi connectivity index (χ0v) is 10.6. The number of quaternary nitrogens is 1. The lowest BCUT2D eigenvalue weighted by molar-refractivity contribution is 0.319. The third-order valence-corrected chi connectivity index (χ3v) is 3.27. The Morgan fingerprint density at radius 2 is 1.53 bits per heavy atom. The summed E-state index contributed by atoms with van der Waals surface area (Å²) in [5, 5.41) is 0. The number of halogens is 2. The summed E-state index contributed by atoms with van der Waals surface area (Å²) in [6.45, 7) is 5.10. The van der Waals surface area contributed by atoms with E-state index in [4.69, 9.17) is 23.2 Å². The smallest absolute Gasteiger partial charge is 0.132 e. The van der Waals surface area contributed by atoms with Gasteiger partial charge in [0.25, 0.3) is 0 Å². The second-order valence-corrected chi connectivity index (χ2v) is 4.38. The Bertz CT molecular complexity index is 268. The molecule has 1 rings (SSSR count). The minimum atomic E-state index is 0.666.